The van der Waals surface area contributed by atoms with Crippen molar-refractivity contribution in [3.8, 4) is 0 Å². The summed E-state index contributed by atoms with van der Waals surface area (Å²) in [4.78, 5) is 6.55. The van der Waals surface area contributed by atoms with Gasteiger partial charge in [-0.2, -0.15) is 5.06 Å². The van der Waals surface area contributed by atoms with Crippen LogP contribution in [0.3, 0.4) is 0 Å². The topological polar surface area (TPSA) is 67.9 Å². The Morgan fingerprint density at radius 1 is 1.50 bits per heavy atom. The van der Waals surface area contributed by atoms with E-state index in [0.29, 0.717) is 6.54 Å². The molecule has 3 heterocycles. The highest BCUT2D eigenvalue weighted by atomic mass is 32.2. The van der Waals surface area contributed by atoms with Crippen LogP contribution in [0.5, 0.6) is 0 Å². The van der Waals surface area contributed by atoms with Gasteiger partial charge in [0.1, 0.15) is 5.25 Å². The molecular weight excluding hydrogens is 324 g/mol. The Morgan fingerprint density at radius 2 is 2.32 bits per heavy atom. The smallest absolute Gasteiger partial charge is 0.218 e. The Hall–Kier alpha value is -0.510. The predicted molar refractivity (Wildman–Crippen MR) is 85.2 cm³/mol. The van der Waals surface area contributed by atoms with E-state index >= 15 is 0 Å². The van der Waals surface area contributed by atoms with E-state index in [4.69, 9.17) is 9.57 Å². The quantitative estimate of drug-likeness (QED) is 0.874. The third kappa shape index (κ3) is 3.22. The minimum Gasteiger partial charge on any atom is -0.377 e. The van der Waals surface area contributed by atoms with Crippen molar-refractivity contribution >= 4 is 21.4 Å². The molecule has 0 spiro atoms. The van der Waals surface area contributed by atoms with Crippen molar-refractivity contribution in [3.05, 3.63) is 21.9 Å². The van der Waals surface area contributed by atoms with E-state index in [9.17, 15) is 8.42 Å². The van der Waals surface area contributed by atoms with Gasteiger partial charge < -0.3 is 4.74 Å². The molecule has 1 aromatic rings. The zero-order valence-electron chi connectivity index (χ0n) is 12.8. The van der Waals surface area contributed by atoms with Gasteiger partial charge in [-0.05, 0) is 36.8 Å². The van der Waals surface area contributed by atoms with E-state index in [1.54, 1.807) is 23.4 Å². The second kappa shape index (κ2) is 6.54. The molecule has 0 aromatic carbocycles. The summed E-state index contributed by atoms with van der Waals surface area (Å²) in [6.45, 7) is 3.25. The average molecular weight is 346 g/mol. The van der Waals surface area contributed by atoms with Gasteiger partial charge in [-0.15, -0.1) is 11.3 Å². The molecule has 0 bridgehead atoms. The van der Waals surface area contributed by atoms with Gasteiger partial charge in [0.25, 0.3) is 0 Å². The molecule has 124 valence electrons. The van der Waals surface area contributed by atoms with Gasteiger partial charge in [0, 0.05) is 25.1 Å². The number of rotatable bonds is 5. The maximum Gasteiger partial charge on any atom is 0.218 e. The summed E-state index contributed by atoms with van der Waals surface area (Å²) >= 11 is 1.58. The van der Waals surface area contributed by atoms with Crippen LogP contribution in [-0.4, -0.2) is 51.6 Å². The zero-order valence-corrected chi connectivity index (χ0v) is 14.5. The second-order valence-corrected chi connectivity index (χ2v) is 8.75. The van der Waals surface area contributed by atoms with Crippen molar-refractivity contribution in [1.82, 2.24) is 9.79 Å². The minimum absolute atomic E-state index is 0.00301. The molecule has 3 rings (SSSR count). The van der Waals surface area contributed by atoms with E-state index in [0.717, 1.165) is 29.9 Å². The molecule has 0 radical (unpaired) electrons. The van der Waals surface area contributed by atoms with Crippen molar-refractivity contribution in [3.63, 3.8) is 0 Å². The fourth-order valence-corrected chi connectivity index (χ4v) is 5.73. The summed E-state index contributed by atoms with van der Waals surface area (Å²) in [5.41, 5.74) is 1.10. The molecule has 2 aliphatic heterocycles. The SMILES string of the molecule is Cc1ccsc1C1C(S(=O)(=O)NCC2CCCO2)CON1C. The summed E-state index contributed by atoms with van der Waals surface area (Å²) < 4.78 is 33.6. The highest BCUT2D eigenvalue weighted by Crippen LogP contribution is 2.37. The van der Waals surface area contributed by atoms with Crippen LogP contribution in [0, 0.1) is 6.92 Å². The Bertz CT molecular complexity index is 610. The molecule has 22 heavy (non-hydrogen) atoms. The number of hydrogen-bond donors (Lipinski definition) is 1. The normalized spacial score (nSPS) is 30.2. The Balaban J connectivity index is 1.75. The van der Waals surface area contributed by atoms with Gasteiger partial charge in [-0.3, -0.25) is 4.84 Å². The maximum atomic E-state index is 12.7. The number of hydroxylamine groups is 2. The van der Waals surface area contributed by atoms with Crippen molar-refractivity contribution in [2.75, 3.05) is 26.8 Å². The molecule has 6 nitrogen and oxygen atoms in total. The van der Waals surface area contributed by atoms with Crippen LogP contribution in [0.25, 0.3) is 0 Å². The zero-order chi connectivity index (χ0) is 15.7. The molecule has 3 unspecified atom stereocenters. The van der Waals surface area contributed by atoms with Crippen LogP contribution >= 0.6 is 11.3 Å². The molecule has 0 amide bonds. The van der Waals surface area contributed by atoms with E-state index in [1.807, 2.05) is 18.4 Å². The third-order valence-electron chi connectivity index (χ3n) is 4.29. The molecule has 2 fully saturated rings. The molecule has 8 heteroatoms. The van der Waals surface area contributed by atoms with Crippen LogP contribution in [0.2, 0.25) is 0 Å². The first-order valence-corrected chi connectivity index (χ1v) is 9.91. The Kier molecular flexibility index (Phi) is 4.86. The summed E-state index contributed by atoms with van der Waals surface area (Å²) in [6.07, 6.45) is 1.91. The highest BCUT2D eigenvalue weighted by Gasteiger charge is 2.44. The number of sulfonamides is 1. The molecule has 1 aromatic heterocycles. The summed E-state index contributed by atoms with van der Waals surface area (Å²) in [5.74, 6) is 0. The molecule has 2 aliphatic rings. The van der Waals surface area contributed by atoms with E-state index in [1.165, 1.54) is 0 Å². The number of aryl methyl sites for hydroxylation is 1. The monoisotopic (exact) mass is 346 g/mol. The van der Waals surface area contributed by atoms with Gasteiger partial charge in [-0.1, -0.05) is 0 Å². The Labute approximate surface area is 135 Å². The standard InChI is InChI=1S/C14H22N2O4S2/c1-10-5-7-21-14(10)13-12(9-20-16(13)2)22(17,18)15-8-11-4-3-6-19-11/h5,7,11-13,15H,3-4,6,8-9H2,1-2H3. The molecule has 2 saturated heterocycles. The van der Waals surface area contributed by atoms with Crippen molar-refractivity contribution in [2.24, 2.45) is 0 Å². The van der Waals surface area contributed by atoms with E-state index < -0.39 is 15.3 Å². The number of ether oxygens (including phenoxy) is 1. The van der Waals surface area contributed by atoms with E-state index in [2.05, 4.69) is 4.72 Å². The Morgan fingerprint density at radius 3 is 2.95 bits per heavy atom. The first-order valence-electron chi connectivity index (χ1n) is 7.49. The van der Waals surface area contributed by atoms with Crippen molar-refractivity contribution < 1.29 is 18.0 Å². The molecule has 1 N–H and O–H groups in total. The van der Waals surface area contributed by atoms with Gasteiger partial charge >= 0.3 is 0 Å². The highest BCUT2D eigenvalue weighted by molar-refractivity contribution is 7.90. The lowest BCUT2D eigenvalue weighted by atomic mass is 10.1. The third-order valence-corrected chi connectivity index (χ3v) is 7.14. The van der Waals surface area contributed by atoms with Gasteiger partial charge in [0.15, 0.2) is 0 Å². The van der Waals surface area contributed by atoms with E-state index in [-0.39, 0.29) is 18.8 Å². The summed E-state index contributed by atoms with van der Waals surface area (Å²) in [7, 11) is -1.67. The van der Waals surface area contributed by atoms with Crippen LogP contribution in [0.15, 0.2) is 11.4 Å². The summed E-state index contributed by atoms with van der Waals surface area (Å²) in [6, 6.07) is 1.75. The molecule has 3 atom stereocenters. The van der Waals surface area contributed by atoms with Crippen LogP contribution in [0.1, 0.15) is 29.3 Å². The number of nitrogens with one attached hydrogen (secondary N) is 1. The first-order chi connectivity index (χ1) is 10.5. The van der Waals surface area contributed by atoms with Gasteiger partial charge in [-0.25, -0.2) is 13.1 Å². The first kappa shape index (κ1) is 16.4. The van der Waals surface area contributed by atoms with Crippen LogP contribution in [0.4, 0.5) is 0 Å². The lowest BCUT2D eigenvalue weighted by Crippen LogP contribution is -2.42. The van der Waals surface area contributed by atoms with Gasteiger partial charge in [0.2, 0.25) is 10.0 Å². The fraction of sp³-hybridized carbons (Fsp3) is 0.714. The molecule has 0 saturated carbocycles. The number of hydrogen-bond acceptors (Lipinski definition) is 6. The number of thiophene rings is 1. The molecular formula is C14H22N2O4S2. The fourth-order valence-electron chi connectivity index (χ4n) is 3.00. The maximum absolute atomic E-state index is 12.7. The lowest BCUT2D eigenvalue weighted by molar-refractivity contribution is -0.110. The van der Waals surface area contributed by atoms with Crippen LogP contribution < -0.4 is 4.72 Å². The average Bonchev–Trinajstić information content (AvgIpc) is 3.18. The van der Waals surface area contributed by atoms with Crippen molar-refractivity contribution in [2.45, 2.75) is 37.2 Å². The van der Waals surface area contributed by atoms with Crippen molar-refractivity contribution in [1.29, 1.82) is 0 Å². The molecule has 0 aliphatic carbocycles. The largest absolute Gasteiger partial charge is 0.377 e. The predicted octanol–water partition coefficient (Wildman–Crippen LogP) is 1.44. The lowest BCUT2D eigenvalue weighted by Gasteiger charge is -2.23. The van der Waals surface area contributed by atoms with Crippen LogP contribution in [-0.2, 0) is 19.6 Å². The second-order valence-electron chi connectivity index (χ2n) is 5.82. The summed E-state index contributed by atoms with van der Waals surface area (Å²) in [5, 5.41) is 3.05. The van der Waals surface area contributed by atoms with Gasteiger partial charge in [0.05, 0.1) is 18.8 Å². The number of nitrogens with zero attached hydrogens (tertiary/aromatic N) is 1. The minimum atomic E-state index is -3.46.